The zero-order valence-electron chi connectivity index (χ0n) is 19.0. The van der Waals surface area contributed by atoms with Gasteiger partial charge in [-0.3, -0.25) is 4.79 Å². The Kier molecular flexibility index (Phi) is 7.99. The molecule has 1 amide bonds. The summed E-state index contributed by atoms with van der Waals surface area (Å²) in [5.41, 5.74) is 2.01. The number of rotatable bonds is 9. The van der Waals surface area contributed by atoms with Gasteiger partial charge in [-0.05, 0) is 68.2 Å². The van der Waals surface area contributed by atoms with Gasteiger partial charge in [0.1, 0.15) is 5.75 Å². The first-order valence-electron chi connectivity index (χ1n) is 11.0. The first-order valence-corrected chi connectivity index (χ1v) is 11.0. The monoisotopic (exact) mass is 423 g/mol. The zero-order valence-corrected chi connectivity index (χ0v) is 19.0. The van der Waals surface area contributed by atoms with E-state index >= 15 is 0 Å². The van der Waals surface area contributed by atoms with Gasteiger partial charge in [0.05, 0.1) is 20.3 Å². The van der Waals surface area contributed by atoms with E-state index in [-0.39, 0.29) is 18.1 Å². The molecule has 0 N–H and O–H groups in total. The van der Waals surface area contributed by atoms with Gasteiger partial charge in [0, 0.05) is 18.7 Å². The third kappa shape index (κ3) is 6.27. The van der Waals surface area contributed by atoms with Crippen LogP contribution in [-0.4, -0.2) is 37.2 Å². The Bertz CT molecular complexity index is 883. The van der Waals surface area contributed by atoms with Gasteiger partial charge in [-0.2, -0.15) is 0 Å². The Labute approximate surface area is 185 Å². The Morgan fingerprint density at radius 2 is 1.74 bits per heavy atom. The number of amides is 1. The molecule has 3 rings (SSSR count). The largest absolute Gasteiger partial charge is 0.497 e. The van der Waals surface area contributed by atoms with Gasteiger partial charge in [0.2, 0.25) is 5.91 Å². The van der Waals surface area contributed by atoms with Crippen LogP contribution in [0.4, 0.5) is 0 Å². The number of hydrogen-bond acceptors (Lipinski definition) is 4. The van der Waals surface area contributed by atoms with Crippen molar-refractivity contribution >= 4 is 12.0 Å². The number of methoxy groups -OCH3 is 2. The molecule has 0 radical (unpaired) electrons. The van der Waals surface area contributed by atoms with Crippen molar-refractivity contribution in [3.8, 4) is 17.2 Å². The summed E-state index contributed by atoms with van der Waals surface area (Å²) in [5.74, 6) is 2.25. The van der Waals surface area contributed by atoms with Crippen molar-refractivity contribution in [2.75, 3.05) is 14.2 Å². The van der Waals surface area contributed by atoms with Crippen LogP contribution < -0.4 is 14.2 Å². The summed E-state index contributed by atoms with van der Waals surface area (Å²) in [4.78, 5) is 15.2. The second-order valence-corrected chi connectivity index (χ2v) is 8.16. The number of nitrogens with zero attached hydrogens (tertiary/aromatic N) is 1. The summed E-state index contributed by atoms with van der Waals surface area (Å²) in [5, 5.41) is 0. The Morgan fingerprint density at radius 3 is 2.35 bits per heavy atom. The molecule has 0 spiro atoms. The first kappa shape index (κ1) is 22.7. The molecule has 5 heteroatoms. The lowest BCUT2D eigenvalue weighted by molar-refractivity contribution is -0.128. The molecule has 0 atom stereocenters. The van der Waals surface area contributed by atoms with Gasteiger partial charge in [-0.15, -0.1) is 0 Å². The smallest absolute Gasteiger partial charge is 0.247 e. The molecule has 0 bridgehead atoms. The van der Waals surface area contributed by atoms with Crippen LogP contribution in [0.15, 0.2) is 48.5 Å². The standard InChI is InChI=1S/C26H33NO4/c1-19(2)31-25-17-21(11-15-24(25)30-4)18-27(22-7-5-6-8-22)26(28)16-12-20-9-13-23(29-3)14-10-20/h9-17,19,22H,5-8,18H2,1-4H3/b16-12+. The maximum Gasteiger partial charge on any atom is 0.247 e. The quantitative estimate of drug-likeness (QED) is 0.502. The van der Waals surface area contributed by atoms with E-state index in [1.165, 1.54) is 12.8 Å². The lowest BCUT2D eigenvalue weighted by Crippen LogP contribution is -2.37. The molecule has 1 fully saturated rings. The maximum atomic E-state index is 13.2. The van der Waals surface area contributed by atoms with E-state index < -0.39 is 0 Å². The fraction of sp³-hybridized carbons (Fsp3) is 0.423. The highest BCUT2D eigenvalue weighted by molar-refractivity contribution is 5.92. The van der Waals surface area contributed by atoms with E-state index in [9.17, 15) is 4.79 Å². The number of hydrogen-bond donors (Lipinski definition) is 0. The normalized spacial score (nSPS) is 14.2. The summed E-state index contributed by atoms with van der Waals surface area (Å²) >= 11 is 0. The van der Waals surface area contributed by atoms with E-state index in [1.54, 1.807) is 20.3 Å². The molecule has 0 aliphatic heterocycles. The summed E-state index contributed by atoms with van der Waals surface area (Å²) in [7, 11) is 3.28. The van der Waals surface area contributed by atoms with E-state index in [0.717, 1.165) is 29.7 Å². The van der Waals surface area contributed by atoms with Crippen LogP contribution in [0.1, 0.15) is 50.7 Å². The number of ether oxygens (including phenoxy) is 3. The predicted octanol–water partition coefficient (Wildman–Crippen LogP) is 5.48. The summed E-state index contributed by atoms with van der Waals surface area (Å²) in [6.45, 7) is 4.53. The van der Waals surface area contributed by atoms with Crippen molar-refractivity contribution in [3.63, 3.8) is 0 Å². The molecule has 0 unspecified atom stereocenters. The highest BCUT2D eigenvalue weighted by Gasteiger charge is 2.26. The minimum absolute atomic E-state index is 0.0323. The Morgan fingerprint density at radius 1 is 1.03 bits per heavy atom. The van der Waals surface area contributed by atoms with Crippen LogP contribution in [0.2, 0.25) is 0 Å². The van der Waals surface area contributed by atoms with Gasteiger partial charge < -0.3 is 19.1 Å². The lowest BCUT2D eigenvalue weighted by atomic mass is 10.1. The van der Waals surface area contributed by atoms with Crippen LogP contribution >= 0.6 is 0 Å². The highest BCUT2D eigenvalue weighted by atomic mass is 16.5. The number of benzene rings is 2. The molecule has 166 valence electrons. The SMILES string of the molecule is COc1ccc(/C=C/C(=O)N(Cc2ccc(OC)c(OC(C)C)c2)C2CCCC2)cc1. The molecule has 2 aromatic rings. The molecule has 2 aromatic carbocycles. The molecule has 5 nitrogen and oxygen atoms in total. The van der Waals surface area contributed by atoms with Crippen molar-refractivity contribution in [3.05, 3.63) is 59.7 Å². The van der Waals surface area contributed by atoms with E-state index in [2.05, 4.69) is 0 Å². The lowest BCUT2D eigenvalue weighted by Gasteiger charge is -2.28. The molecule has 0 saturated heterocycles. The summed E-state index contributed by atoms with van der Waals surface area (Å²) in [6, 6.07) is 13.9. The minimum Gasteiger partial charge on any atom is -0.497 e. The van der Waals surface area contributed by atoms with Crippen LogP contribution in [0.3, 0.4) is 0 Å². The van der Waals surface area contributed by atoms with E-state index in [4.69, 9.17) is 14.2 Å². The number of carbonyl (C=O) groups is 1. The minimum atomic E-state index is 0.0323. The molecule has 1 saturated carbocycles. The molecule has 0 heterocycles. The Balaban J connectivity index is 1.79. The van der Waals surface area contributed by atoms with Crippen LogP contribution in [-0.2, 0) is 11.3 Å². The number of carbonyl (C=O) groups excluding carboxylic acids is 1. The van der Waals surface area contributed by atoms with Gasteiger partial charge in [0.15, 0.2) is 11.5 Å². The van der Waals surface area contributed by atoms with Gasteiger partial charge in [0.25, 0.3) is 0 Å². The molecule has 31 heavy (non-hydrogen) atoms. The van der Waals surface area contributed by atoms with Crippen LogP contribution in [0, 0.1) is 0 Å². The van der Waals surface area contributed by atoms with Crippen molar-refractivity contribution in [1.82, 2.24) is 4.90 Å². The fourth-order valence-corrected chi connectivity index (χ4v) is 3.94. The first-order chi connectivity index (χ1) is 15.0. The molecule has 1 aliphatic carbocycles. The van der Waals surface area contributed by atoms with E-state index in [0.29, 0.717) is 18.0 Å². The second kappa shape index (κ2) is 10.9. The van der Waals surface area contributed by atoms with Gasteiger partial charge in [-0.25, -0.2) is 0 Å². The summed E-state index contributed by atoms with van der Waals surface area (Å²) < 4.78 is 16.5. The zero-order chi connectivity index (χ0) is 22.2. The predicted molar refractivity (Wildman–Crippen MR) is 124 cm³/mol. The van der Waals surface area contributed by atoms with Gasteiger partial charge >= 0.3 is 0 Å². The average Bonchev–Trinajstić information content (AvgIpc) is 3.30. The molecule has 1 aliphatic rings. The van der Waals surface area contributed by atoms with Crippen molar-refractivity contribution in [2.24, 2.45) is 0 Å². The third-order valence-corrected chi connectivity index (χ3v) is 5.53. The van der Waals surface area contributed by atoms with Crippen molar-refractivity contribution in [2.45, 2.75) is 58.2 Å². The fourth-order valence-electron chi connectivity index (χ4n) is 3.94. The average molecular weight is 424 g/mol. The van der Waals surface area contributed by atoms with Gasteiger partial charge in [-0.1, -0.05) is 31.0 Å². The van der Waals surface area contributed by atoms with Crippen molar-refractivity contribution in [1.29, 1.82) is 0 Å². The Hall–Kier alpha value is -2.95. The van der Waals surface area contributed by atoms with E-state index in [1.807, 2.05) is 67.3 Å². The van der Waals surface area contributed by atoms with Crippen LogP contribution in [0.25, 0.3) is 6.08 Å². The molecular formula is C26H33NO4. The highest BCUT2D eigenvalue weighted by Crippen LogP contribution is 2.31. The third-order valence-electron chi connectivity index (χ3n) is 5.53. The van der Waals surface area contributed by atoms with Crippen LogP contribution in [0.5, 0.6) is 17.2 Å². The maximum absolute atomic E-state index is 13.2. The molecular weight excluding hydrogens is 390 g/mol. The summed E-state index contributed by atoms with van der Waals surface area (Å²) in [6.07, 6.45) is 8.02. The van der Waals surface area contributed by atoms with Crippen molar-refractivity contribution < 1.29 is 19.0 Å². The topological polar surface area (TPSA) is 48.0 Å². The second-order valence-electron chi connectivity index (χ2n) is 8.16. The molecule has 0 aromatic heterocycles.